The highest BCUT2D eigenvalue weighted by atomic mass is 35.5. The lowest BCUT2D eigenvalue weighted by molar-refractivity contribution is -0.139. The Labute approximate surface area is 220 Å². The third-order valence-electron chi connectivity index (χ3n) is 6.14. The van der Waals surface area contributed by atoms with Crippen molar-refractivity contribution in [2.75, 3.05) is 17.1 Å². The van der Waals surface area contributed by atoms with E-state index in [9.17, 15) is 18.0 Å². The quantitative estimate of drug-likeness (QED) is 0.476. The number of rotatable bonds is 10. The Kier molecular flexibility index (Phi) is 9.97. The Morgan fingerprint density at radius 1 is 1.00 bits per heavy atom. The van der Waals surface area contributed by atoms with Gasteiger partial charge in [-0.25, -0.2) is 8.42 Å². The molecule has 9 heteroatoms. The molecule has 0 saturated carbocycles. The van der Waals surface area contributed by atoms with Gasteiger partial charge in [-0.2, -0.15) is 0 Å². The molecule has 7 nitrogen and oxygen atoms in total. The first kappa shape index (κ1) is 29.6. The fourth-order valence-corrected chi connectivity index (χ4v) is 4.55. The van der Waals surface area contributed by atoms with Crippen molar-refractivity contribution in [3.8, 4) is 0 Å². The van der Waals surface area contributed by atoms with Crippen molar-refractivity contribution >= 4 is 39.1 Å². The summed E-state index contributed by atoms with van der Waals surface area (Å²) in [5.74, 6) is -0.783. The van der Waals surface area contributed by atoms with Crippen LogP contribution in [0.15, 0.2) is 48.5 Å². The van der Waals surface area contributed by atoms with Gasteiger partial charge in [0, 0.05) is 17.6 Å². The maximum atomic E-state index is 13.6. The molecule has 0 unspecified atom stereocenters. The number of amides is 2. The molecule has 0 aromatic heterocycles. The van der Waals surface area contributed by atoms with Crippen LogP contribution >= 0.6 is 11.6 Å². The molecule has 0 heterocycles. The van der Waals surface area contributed by atoms with Crippen LogP contribution in [-0.2, 0) is 31.6 Å². The molecule has 0 aliphatic heterocycles. The molecular formula is C27H38ClN3O4S. The van der Waals surface area contributed by atoms with E-state index in [4.69, 9.17) is 11.6 Å². The zero-order valence-electron chi connectivity index (χ0n) is 22.2. The van der Waals surface area contributed by atoms with E-state index in [1.807, 2.05) is 26.0 Å². The molecule has 2 atom stereocenters. The van der Waals surface area contributed by atoms with Crippen LogP contribution in [-0.4, -0.2) is 50.0 Å². The van der Waals surface area contributed by atoms with Crippen LogP contribution in [0.3, 0.4) is 0 Å². The molecule has 1 N–H and O–H groups in total. The van der Waals surface area contributed by atoms with E-state index in [-0.39, 0.29) is 23.9 Å². The fourth-order valence-electron chi connectivity index (χ4n) is 3.58. The third kappa shape index (κ3) is 8.23. The second-order valence-electron chi connectivity index (χ2n) is 10.2. The Morgan fingerprint density at radius 3 is 2.03 bits per heavy atom. The van der Waals surface area contributed by atoms with Gasteiger partial charge in [0.1, 0.15) is 12.6 Å². The number of carbonyl (C=O) groups excluding carboxylic acids is 2. The van der Waals surface area contributed by atoms with Gasteiger partial charge in [0.15, 0.2) is 0 Å². The van der Waals surface area contributed by atoms with Crippen LogP contribution in [0.5, 0.6) is 0 Å². The van der Waals surface area contributed by atoms with Crippen molar-refractivity contribution in [1.29, 1.82) is 0 Å². The average molecular weight is 536 g/mol. The predicted molar refractivity (Wildman–Crippen MR) is 147 cm³/mol. The number of sulfonamides is 1. The molecule has 2 rings (SSSR count). The minimum Gasteiger partial charge on any atom is -0.352 e. The molecule has 0 radical (unpaired) electrons. The summed E-state index contributed by atoms with van der Waals surface area (Å²) in [6.45, 7) is 11.4. The van der Waals surface area contributed by atoms with Crippen LogP contribution < -0.4 is 9.62 Å². The molecule has 0 spiro atoms. The Morgan fingerprint density at radius 2 is 1.56 bits per heavy atom. The van der Waals surface area contributed by atoms with Crippen LogP contribution in [0.25, 0.3) is 0 Å². The largest absolute Gasteiger partial charge is 0.352 e. The number of nitrogens with one attached hydrogen (secondary N) is 1. The average Bonchev–Trinajstić information content (AvgIpc) is 2.80. The highest BCUT2D eigenvalue weighted by molar-refractivity contribution is 7.92. The number of halogens is 1. The molecule has 198 valence electrons. The lowest BCUT2D eigenvalue weighted by Crippen LogP contribution is -2.52. The van der Waals surface area contributed by atoms with Crippen molar-refractivity contribution in [3.05, 3.63) is 64.7 Å². The van der Waals surface area contributed by atoms with E-state index >= 15 is 0 Å². The molecule has 0 fully saturated rings. The first-order valence-corrected chi connectivity index (χ1v) is 14.3. The molecule has 0 saturated heterocycles. The standard InChI is InChI=1S/C27H38ClN3O4S/c1-8-19(2)29-26(33)20(3)30(17-21-9-13-23(28)14-10-21)25(32)18-31(36(7,34)35)24-15-11-22(12-16-24)27(4,5)6/h9-16,19-20H,8,17-18H2,1-7H3,(H,29,33)/t19-,20+/m0/s1. The van der Waals surface area contributed by atoms with Crippen molar-refractivity contribution in [1.82, 2.24) is 10.2 Å². The first-order valence-electron chi connectivity index (χ1n) is 12.1. The molecular weight excluding hydrogens is 498 g/mol. The van der Waals surface area contributed by atoms with Crippen molar-refractivity contribution in [3.63, 3.8) is 0 Å². The van der Waals surface area contributed by atoms with E-state index in [1.54, 1.807) is 43.3 Å². The molecule has 0 aliphatic carbocycles. The summed E-state index contributed by atoms with van der Waals surface area (Å²) in [7, 11) is -3.77. The molecule has 2 aromatic carbocycles. The van der Waals surface area contributed by atoms with E-state index in [2.05, 4.69) is 26.1 Å². The number of nitrogens with zero attached hydrogens (tertiary/aromatic N) is 2. The SMILES string of the molecule is CC[C@H](C)NC(=O)[C@@H](C)N(Cc1ccc(Cl)cc1)C(=O)CN(c1ccc(C(C)(C)C)cc1)S(C)(=O)=O. The van der Waals surface area contributed by atoms with Crippen LogP contribution in [0, 0.1) is 0 Å². The van der Waals surface area contributed by atoms with Crippen LogP contribution in [0.2, 0.25) is 5.02 Å². The van der Waals surface area contributed by atoms with Gasteiger partial charge >= 0.3 is 0 Å². The summed E-state index contributed by atoms with van der Waals surface area (Å²) in [6.07, 6.45) is 1.82. The summed E-state index contributed by atoms with van der Waals surface area (Å²) in [5, 5.41) is 3.47. The lowest BCUT2D eigenvalue weighted by Gasteiger charge is -2.32. The first-order chi connectivity index (χ1) is 16.6. The fraction of sp³-hybridized carbons (Fsp3) is 0.481. The summed E-state index contributed by atoms with van der Waals surface area (Å²) >= 11 is 6.00. The predicted octanol–water partition coefficient (Wildman–Crippen LogP) is 4.74. The lowest BCUT2D eigenvalue weighted by atomic mass is 9.87. The second kappa shape index (κ2) is 12.1. The van der Waals surface area contributed by atoms with Gasteiger partial charge in [-0.05, 0) is 61.1 Å². The van der Waals surface area contributed by atoms with Gasteiger partial charge in [0.2, 0.25) is 21.8 Å². The topological polar surface area (TPSA) is 86.8 Å². The van der Waals surface area contributed by atoms with Gasteiger partial charge in [-0.15, -0.1) is 0 Å². The van der Waals surface area contributed by atoms with Crippen molar-refractivity contribution < 1.29 is 18.0 Å². The molecule has 2 aromatic rings. The van der Waals surface area contributed by atoms with E-state index in [0.29, 0.717) is 10.7 Å². The van der Waals surface area contributed by atoms with Gasteiger partial charge in [0.25, 0.3) is 0 Å². The third-order valence-corrected chi connectivity index (χ3v) is 7.53. The number of hydrogen-bond acceptors (Lipinski definition) is 4. The Balaban J connectivity index is 2.39. The van der Waals surface area contributed by atoms with Gasteiger partial charge < -0.3 is 10.2 Å². The summed E-state index contributed by atoms with van der Waals surface area (Å²) in [6, 6.07) is 13.3. The van der Waals surface area contributed by atoms with Crippen molar-refractivity contribution in [2.24, 2.45) is 0 Å². The smallest absolute Gasteiger partial charge is 0.244 e. The Hall–Kier alpha value is -2.58. The van der Waals surface area contributed by atoms with E-state index < -0.39 is 28.5 Å². The monoisotopic (exact) mass is 535 g/mol. The number of anilines is 1. The minimum atomic E-state index is -3.77. The molecule has 36 heavy (non-hydrogen) atoms. The van der Waals surface area contributed by atoms with E-state index in [0.717, 1.165) is 28.1 Å². The molecule has 2 amide bonds. The maximum Gasteiger partial charge on any atom is 0.244 e. The molecule has 0 bridgehead atoms. The Bertz CT molecular complexity index is 1140. The summed E-state index contributed by atoms with van der Waals surface area (Å²) in [5.41, 5.74) is 2.11. The van der Waals surface area contributed by atoms with E-state index in [1.165, 1.54) is 4.90 Å². The zero-order valence-corrected chi connectivity index (χ0v) is 23.8. The number of carbonyl (C=O) groups is 2. The minimum absolute atomic E-state index is 0.0544. The van der Waals surface area contributed by atoms with Gasteiger partial charge in [0.05, 0.1) is 11.9 Å². The maximum absolute atomic E-state index is 13.6. The van der Waals surface area contributed by atoms with Crippen LogP contribution in [0.4, 0.5) is 5.69 Å². The highest BCUT2D eigenvalue weighted by Crippen LogP contribution is 2.26. The highest BCUT2D eigenvalue weighted by Gasteiger charge is 2.30. The van der Waals surface area contributed by atoms with Crippen molar-refractivity contribution in [2.45, 2.75) is 72.0 Å². The van der Waals surface area contributed by atoms with Gasteiger partial charge in [-0.3, -0.25) is 13.9 Å². The normalized spacial score (nSPS) is 13.6. The van der Waals surface area contributed by atoms with Crippen LogP contribution in [0.1, 0.15) is 59.1 Å². The number of hydrogen-bond donors (Lipinski definition) is 1. The second-order valence-corrected chi connectivity index (χ2v) is 12.6. The molecule has 0 aliphatic rings. The number of benzene rings is 2. The summed E-state index contributed by atoms with van der Waals surface area (Å²) in [4.78, 5) is 27.9. The summed E-state index contributed by atoms with van der Waals surface area (Å²) < 4.78 is 26.5. The zero-order chi connectivity index (χ0) is 27.3. The van der Waals surface area contributed by atoms with Gasteiger partial charge in [-0.1, -0.05) is 63.6 Å².